The molecule has 0 spiro atoms. The van der Waals surface area contributed by atoms with Gasteiger partial charge >= 0.3 is 0 Å². The van der Waals surface area contributed by atoms with Crippen LogP contribution in [0.15, 0.2) is 12.7 Å². The van der Waals surface area contributed by atoms with E-state index in [0.29, 0.717) is 5.92 Å². The van der Waals surface area contributed by atoms with E-state index in [1.165, 1.54) is 0 Å². The Kier molecular flexibility index (Phi) is 1.08. The van der Waals surface area contributed by atoms with Crippen molar-refractivity contribution in [1.29, 1.82) is 0 Å². The maximum Gasteiger partial charge on any atom is 0.221 e. The molecule has 2 N–H and O–H groups in total. The number of amides is 1. The van der Waals surface area contributed by atoms with Gasteiger partial charge in [-0.25, -0.2) is 0 Å². The van der Waals surface area contributed by atoms with Crippen LogP contribution in [0.1, 0.15) is 6.42 Å². The average Bonchev–Trinajstić information content (AvgIpc) is 2.42. The molecule has 0 aliphatic heterocycles. The highest BCUT2D eigenvalue weighted by Crippen LogP contribution is 2.38. The molecule has 2 nitrogen and oxygen atoms in total. The summed E-state index contributed by atoms with van der Waals surface area (Å²) in [7, 11) is 0. The van der Waals surface area contributed by atoms with Crippen LogP contribution in [0.25, 0.3) is 0 Å². The van der Waals surface area contributed by atoms with Gasteiger partial charge in [0.2, 0.25) is 5.91 Å². The SMILES string of the molecule is C=CC1C[C@@H]1C(N)=O. The lowest BCUT2D eigenvalue weighted by atomic mass is 10.3. The van der Waals surface area contributed by atoms with Crippen LogP contribution in [0.4, 0.5) is 0 Å². The Morgan fingerprint density at radius 3 is 2.62 bits per heavy atom. The third-order valence-corrected chi connectivity index (χ3v) is 1.51. The molecule has 0 heterocycles. The van der Waals surface area contributed by atoms with Crippen LogP contribution in [-0.4, -0.2) is 5.91 Å². The smallest absolute Gasteiger partial charge is 0.221 e. The van der Waals surface area contributed by atoms with E-state index in [4.69, 9.17) is 5.73 Å². The van der Waals surface area contributed by atoms with E-state index in [9.17, 15) is 4.79 Å². The van der Waals surface area contributed by atoms with Gasteiger partial charge in [-0.2, -0.15) is 0 Å². The second kappa shape index (κ2) is 1.62. The Morgan fingerprint density at radius 2 is 2.50 bits per heavy atom. The summed E-state index contributed by atoms with van der Waals surface area (Å²) in [5.41, 5.74) is 4.98. The number of carbonyl (C=O) groups is 1. The monoisotopic (exact) mass is 111 g/mol. The van der Waals surface area contributed by atoms with E-state index < -0.39 is 0 Å². The lowest BCUT2D eigenvalue weighted by Gasteiger charge is -1.82. The predicted molar refractivity (Wildman–Crippen MR) is 31.0 cm³/mol. The Balaban J connectivity index is 2.36. The highest BCUT2D eigenvalue weighted by molar-refractivity contribution is 5.80. The van der Waals surface area contributed by atoms with Gasteiger partial charge in [0.15, 0.2) is 0 Å². The molecule has 1 saturated carbocycles. The molecule has 1 aliphatic carbocycles. The van der Waals surface area contributed by atoms with Gasteiger partial charge in [0, 0.05) is 5.92 Å². The number of nitrogens with two attached hydrogens (primary N) is 1. The largest absolute Gasteiger partial charge is 0.369 e. The summed E-state index contributed by atoms with van der Waals surface area (Å²) >= 11 is 0. The van der Waals surface area contributed by atoms with Crippen molar-refractivity contribution in [2.75, 3.05) is 0 Å². The van der Waals surface area contributed by atoms with Crippen molar-refractivity contribution in [3.05, 3.63) is 12.7 Å². The van der Waals surface area contributed by atoms with Crippen LogP contribution in [-0.2, 0) is 4.79 Å². The minimum Gasteiger partial charge on any atom is -0.369 e. The summed E-state index contributed by atoms with van der Waals surface area (Å²) < 4.78 is 0. The number of primary amides is 1. The number of hydrogen-bond acceptors (Lipinski definition) is 1. The molecule has 0 radical (unpaired) electrons. The molecule has 1 fully saturated rings. The summed E-state index contributed by atoms with van der Waals surface area (Å²) in [5, 5.41) is 0. The first-order valence-corrected chi connectivity index (χ1v) is 2.67. The molecule has 44 valence electrons. The molecule has 8 heavy (non-hydrogen) atoms. The molecule has 1 rings (SSSR count). The van der Waals surface area contributed by atoms with E-state index >= 15 is 0 Å². The first-order chi connectivity index (χ1) is 3.75. The maximum absolute atomic E-state index is 10.3. The zero-order valence-corrected chi connectivity index (χ0v) is 4.63. The third kappa shape index (κ3) is 0.735. The molecule has 0 bridgehead atoms. The minimum atomic E-state index is -0.185. The predicted octanol–water partition coefficient (Wildman–Crippen LogP) is 0.294. The average molecular weight is 111 g/mol. The minimum absolute atomic E-state index is 0.104. The highest BCUT2D eigenvalue weighted by Gasteiger charge is 2.38. The van der Waals surface area contributed by atoms with Gasteiger partial charge in [0.05, 0.1) is 0 Å². The third-order valence-electron chi connectivity index (χ3n) is 1.51. The molecule has 0 aromatic carbocycles. The Hall–Kier alpha value is -0.790. The summed E-state index contributed by atoms with van der Waals surface area (Å²) in [6, 6.07) is 0. The first kappa shape index (κ1) is 5.35. The summed E-state index contributed by atoms with van der Waals surface area (Å²) in [5.74, 6) is 0.301. The van der Waals surface area contributed by atoms with Gasteiger partial charge in [-0.3, -0.25) is 4.79 Å². The van der Waals surface area contributed by atoms with Crippen LogP contribution in [0, 0.1) is 11.8 Å². The van der Waals surface area contributed by atoms with E-state index in [1.54, 1.807) is 6.08 Å². The Labute approximate surface area is 48.4 Å². The van der Waals surface area contributed by atoms with E-state index in [2.05, 4.69) is 6.58 Å². The molecule has 0 aromatic heterocycles. The standard InChI is InChI=1S/C6H9NO/c1-2-4-3-5(4)6(7)8/h2,4-5H,1,3H2,(H2,7,8)/t4?,5-/m0/s1. The van der Waals surface area contributed by atoms with Gasteiger partial charge in [-0.15, -0.1) is 6.58 Å². The second-order valence-electron chi connectivity index (χ2n) is 2.14. The van der Waals surface area contributed by atoms with Crippen LogP contribution in [0.3, 0.4) is 0 Å². The van der Waals surface area contributed by atoms with Gasteiger partial charge < -0.3 is 5.73 Å². The van der Waals surface area contributed by atoms with E-state index in [-0.39, 0.29) is 11.8 Å². The second-order valence-corrected chi connectivity index (χ2v) is 2.14. The lowest BCUT2D eigenvalue weighted by molar-refractivity contribution is -0.119. The van der Waals surface area contributed by atoms with Gasteiger partial charge in [0.25, 0.3) is 0 Å². The van der Waals surface area contributed by atoms with Crippen LogP contribution in [0.2, 0.25) is 0 Å². The van der Waals surface area contributed by atoms with Crippen LogP contribution in [0.5, 0.6) is 0 Å². The molecule has 2 heteroatoms. The molecule has 0 saturated heterocycles. The van der Waals surface area contributed by atoms with E-state index in [0.717, 1.165) is 6.42 Å². The summed E-state index contributed by atoms with van der Waals surface area (Å²) in [6.45, 7) is 3.55. The number of carbonyl (C=O) groups excluding carboxylic acids is 1. The topological polar surface area (TPSA) is 43.1 Å². The lowest BCUT2D eigenvalue weighted by Crippen LogP contribution is -2.13. The fourth-order valence-electron chi connectivity index (χ4n) is 0.802. The normalized spacial score (nSPS) is 34.0. The van der Waals surface area contributed by atoms with Crippen molar-refractivity contribution < 1.29 is 4.79 Å². The highest BCUT2D eigenvalue weighted by atomic mass is 16.1. The number of allylic oxidation sites excluding steroid dienone is 1. The van der Waals surface area contributed by atoms with E-state index in [1.807, 2.05) is 0 Å². The van der Waals surface area contributed by atoms with Crippen molar-refractivity contribution in [3.8, 4) is 0 Å². The van der Waals surface area contributed by atoms with Gasteiger partial charge in [0.1, 0.15) is 0 Å². The molecule has 1 amide bonds. The maximum atomic E-state index is 10.3. The van der Waals surface area contributed by atoms with Crippen molar-refractivity contribution in [1.82, 2.24) is 0 Å². The van der Waals surface area contributed by atoms with Crippen molar-refractivity contribution in [2.24, 2.45) is 17.6 Å². The summed E-state index contributed by atoms with van der Waals surface area (Å²) in [6.07, 6.45) is 2.70. The molecular formula is C6H9NO. The molecule has 1 unspecified atom stereocenters. The van der Waals surface area contributed by atoms with Crippen molar-refractivity contribution in [2.45, 2.75) is 6.42 Å². The molecule has 2 atom stereocenters. The first-order valence-electron chi connectivity index (χ1n) is 2.67. The van der Waals surface area contributed by atoms with Crippen molar-refractivity contribution in [3.63, 3.8) is 0 Å². The van der Waals surface area contributed by atoms with Crippen molar-refractivity contribution >= 4 is 5.91 Å². The Morgan fingerprint density at radius 1 is 1.88 bits per heavy atom. The number of hydrogen-bond donors (Lipinski definition) is 1. The van der Waals surface area contributed by atoms with Gasteiger partial charge in [-0.1, -0.05) is 6.08 Å². The fraction of sp³-hybridized carbons (Fsp3) is 0.500. The molecular weight excluding hydrogens is 102 g/mol. The van der Waals surface area contributed by atoms with Crippen LogP contribution < -0.4 is 5.73 Å². The quantitative estimate of drug-likeness (QED) is 0.511. The zero-order chi connectivity index (χ0) is 6.15. The molecule has 0 aromatic rings. The molecule has 1 aliphatic rings. The Bertz CT molecular complexity index is 130. The zero-order valence-electron chi connectivity index (χ0n) is 4.63. The van der Waals surface area contributed by atoms with Crippen LogP contribution >= 0.6 is 0 Å². The van der Waals surface area contributed by atoms with Gasteiger partial charge in [-0.05, 0) is 12.3 Å². The fourth-order valence-corrected chi connectivity index (χ4v) is 0.802. The summed E-state index contributed by atoms with van der Waals surface area (Å²) in [4.78, 5) is 10.3. The number of rotatable bonds is 2.